The van der Waals surface area contributed by atoms with Gasteiger partial charge in [0.25, 0.3) is 0 Å². The molecule has 0 aliphatic carbocycles. The van der Waals surface area contributed by atoms with Gasteiger partial charge in [-0.2, -0.15) is 0 Å². The third-order valence-corrected chi connectivity index (χ3v) is 8.81. The second kappa shape index (κ2) is 18.4. The summed E-state index contributed by atoms with van der Waals surface area (Å²) in [5.41, 5.74) is 2.33. The summed E-state index contributed by atoms with van der Waals surface area (Å²) >= 11 is 0. The molecular weight excluding hydrogens is 554 g/mol. The number of rotatable bonds is 16. The Morgan fingerprint density at radius 3 is 1.73 bits per heavy atom. The summed E-state index contributed by atoms with van der Waals surface area (Å²) in [4.78, 5) is 25.5. The van der Waals surface area contributed by atoms with E-state index in [1.165, 1.54) is 25.7 Å². The molecular formula is C37H53NO6. The van der Waals surface area contributed by atoms with E-state index in [-0.39, 0.29) is 11.7 Å². The Labute approximate surface area is 264 Å². The summed E-state index contributed by atoms with van der Waals surface area (Å²) in [6, 6.07) is 11.2. The number of aldehydes is 1. The number of fused-ring (bicyclic) bond motifs is 3. The number of benzene rings is 2. The lowest BCUT2D eigenvalue weighted by molar-refractivity contribution is -0.125. The molecule has 242 valence electrons. The van der Waals surface area contributed by atoms with Crippen molar-refractivity contribution in [2.75, 3.05) is 40.5 Å². The van der Waals surface area contributed by atoms with Crippen molar-refractivity contribution < 1.29 is 28.5 Å². The van der Waals surface area contributed by atoms with Gasteiger partial charge in [0.1, 0.15) is 23.0 Å². The highest BCUT2D eigenvalue weighted by Crippen LogP contribution is 2.35. The number of carbonyl (C=O) groups excluding carboxylic acids is 2. The van der Waals surface area contributed by atoms with Crippen LogP contribution in [-0.2, 0) is 4.79 Å². The van der Waals surface area contributed by atoms with Crippen LogP contribution in [0.3, 0.4) is 0 Å². The zero-order valence-electron chi connectivity index (χ0n) is 27.7. The van der Waals surface area contributed by atoms with Crippen LogP contribution in [0.2, 0.25) is 0 Å². The fourth-order valence-electron chi connectivity index (χ4n) is 5.89. The number of hydrogen-bond acceptors (Lipinski definition) is 7. The molecule has 0 spiro atoms. The highest BCUT2D eigenvalue weighted by Gasteiger charge is 2.36. The average Bonchev–Trinajstić information content (AvgIpc) is 3.07. The summed E-state index contributed by atoms with van der Waals surface area (Å²) in [7, 11) is 3.22. The Balaban J connectivity index is 0.000000259. The number of hydrogen-bond donors (Lipinski definition) is 0. The van der Waals surface area contributed by atoms with Gasteiger partial charge in [-0.15, -0.1) is 0 Å². The largest absolute Gasteiger partial charge is 0.496 e. The maximum absolute atomic E-state index is 12.6. The minimum Gasteiger partial charge on any atom is -0.496 e. The second-order valence-electron chi connectivity index (χ2n) is 11.8. The minimum atomic E-state index is 0.212. The predicted octanol–water partition coefficient (Wildman–Crippen LogP) is 8.25. The molecule has 2 unspecified atom stereocenters. The molecule has 3 aliphatic rings. The summed E-state index contributed by atoms with van der Waals surface area (Å²) in [6.07, 6.45) is 11.8. The number of methoxy groups -OCH3 is 2. The van der Waals surface area contributed by atoms with E-state index in [0.29, 0.717) is 29.8 Å². The van der Waals surface area contributed by atoms with E-state index >= 15 is 0 Å². The summed E-state index contributed by atoms with van der Waals surface area (Å²) in [5, 5.41) is 0. The van der Waals surface area contributed by atoms with E-state index in [1.807, 2.05) is 30.3 Å². The van der Waals surface area contributed by atoms with Crippen LogP contribution in [0.5, 0.6) is 23.0 Å². The predicted molar refractivity (Wildman–Crippen MR) is 177 cm³/mol. The van der Waals surface area contributed by atoms with Gasteiger partial charge in [0.15, 0.2) is 12.1 Å². The molecule has 3 aliphatic heterocycles. The number of piperidine rings is 3. The molecule has 3 saturated heterocycles. The van der Waals surface area contributed by atoms with E-state index in [2.05, 4.69) is 32.6 Å². The molecule has 0 saturated carbocycles. The smallest absolute Gasteiger partial charge is 0.182 e. The van der Waals surface area contributed by atoms with Crippen molar-refractivity contribution >= 4 is 18.1 Å². The van der Waals surface area contributed by atoms with E-state index < -0.39 is 0 Å². The normalized spacial score (nSPS) is 16.6. The SMILES string of the molecule is CCCC(CC)COc1ccc(C=C2C(=O)C3CCN2CC3)c(OC)c1.CCCC(CC)COc1ccc(C=O)c(OC)c1. The highest BCUT2D eigenvalue weighted by molar-refractivity contribution is 6.02. The van der Waals surface area contributed by atoms with Gasteiger partial charge >= 0.3 is 0 Å². The molecule has 44 heavy (non-hydrogen) atoms. The van der Waals surface area contributed by atoms with Crippen molar-refractivity contribution in [1.82, 2.24) is 4.90 Å². The quantitative estimate of drug-likeness (QED) is 0.141. The molecule has 0 aromatic heterocycles. The average molecular weight is 608 g/mol. The van der Waals surface area contributed by atoms with Crippen LogP contribution < -0.4 is 18.9 Å². The van der Waals surface area contributed by atoms with Gasteiger partial charge in [0.2, 0.25) is 0 Å². The molecule has 2 bridgehead atoms. The van der Waals surface area contributed by atoms with Crippen molar-refractivity contribution in [1.29, 1.82) is 0 Å². The number of allylic oxidation sites excluding steroid dienone is 1. The maximum atomic E-state index is 12.6. The Hall–Kier alpha value is -3.48. The van der Waals surface area contributed by atoms with Crippen LogP contribution in [0.25, 0.3) is 6.08 Å². The van der Waals surface area contributed by atoms with Crippen molar-refractivity contribution in [3.63, 3.8) is 0 Å². The highest BCUT2D eigenvalue weighted by atomic mass is 16.5. The van der Waals surface area contributed by atoms with Gasteiger partial charge < -0.3 is 23.8 Å². The van der Waals surface area contributed by atoms with Crippen molar-refractivity contribution in [3.8, 4) is 23.0 Å². The number of nitrogens with zero attached hydrogens (tertiary/aromatic N) is 1. The first-order valence-electron chi connectivity index (χ1n) is 16.5. The van der Waals surface area contributed by atoms with Crippen molar-refractivity contribution in [2.45, 2.75) is 79.1 Å². The minimum absolute atomic E-state index is 0.212. The summed E-state index contributed by atoms with van der Waals surface area (Å²) < 4.78 is 22.5. The van der Waals surface area contributed by atoms with Gasteiger partial charge in [-0.05, 0) is 67.9 Å². The number of Topliss-reactive ketones (excluding diaryl/α,β-unsaturated/α-hetero) is 1. The Kier molecular flexibility index (Phi) is 14.6. The monoisotopic (exact) mass is 607 g/mol. The maximum Gasteiger partial charge on any atom is 0.182 e. The molecule has 3 fully saturated rings. The molecule has 7 nitrogen and oxygen atoms in total. The van der Waals surface area contributed by atoms with Crippen LogP contribution >= 0.6 is 0 Å². The fourth-order valence-corrected chi connectivity index (χ4v) is 5.89. The lowest BCUT2D eigenvalue weighted by Gasteiger charge is -2.41. The standard InChI is InChI=1S/C22H31NO3.C15H22O3/c1-4-6-16(5-2)15-26-19-8-7-18(21(14-19)25-3)13-20-22(24)17-9-11-23(20)12-10-17;1-4-6-12(5-2)11-18-14-8-7-13(10-16)15(9-14)17-3/h7-8,13-14,16-17H,4-6,9-12,15H2,1-3H3;7-10,12H,4-6,11H2,1-3H3. The molecule has 2 atom stereocenters. The Morgan fingerprint density at radius 2 is 1.30 bits per heavy atom. The third-order valence-electron chi connectivity index (χ3n) is 8.81. The van der Waals surface area contributed by atoms with Crippen molar-refractivity contribution in [3.05, 3.63) is 53.2 Å². The zero-order chi connectivity index (χ0) is 31.9. The number of carbonyl (C=O) groups is 2. The number of ketones is 1. The topological polar surface area (TPSA) is 74.3 Å². The van der Waals surface area contributed by atoms with Crippen molar-refractivity contribution in [2.24, 2.45) is 17.8 Å². The lowest BCUT2D eigenvalue weighted by Crippen LogP contribution is -2.45. The lowest BCUT2D eigenvalue weighted by atomic mass is 9.84. The summed E-state index contributed by atoms with van der Waals surface area (Å²) in [5.74, 6) is 4.59. The van der Waals surface area contributed by atoms with E-state index in [4.69, 9.17) is 18.9 Å². The van der Waals surface area contributed by atoms with E-state index in [9.17, 15) is 9.59 Å². The van der Waals surface area contributed by atoms with Crippen LogP contribution in [0, 0.1) is 17.8 Å². The van der Waals surface area contributed by atoms with Crippen LogP contribution in [0.15, 0.2) is 42.1 Å². The fraction of sp³-hybridized carbons (Fsp3) is 0.568. The summed E-state index contributed by atoms with van der Waals surface area (Å²) in [6.45, 7) is 12.2. The van der Waals surface area contributed by atoms with Crippen LogP contribution in [-0.4, -0.2) is 57.5 Å². The Morgan fingerprint density at radius 1 is 0.795 bits per heavy atom. The first kappa shape index (κ1) is 35.0. The zero-order valence-corrected chi connectivity index (χ0v) is 27.7. The van der Waals surface area contributed by atoms with Crippen LogP contribution in [0.4, 0.5) is 0 Å². The molecule has 3 heterocycles. The molecule has 0 radical (unpaired) electrons. The molecule has 7 heteroatoms. The van der Waals surface area contributed by atoms with Gasteiger partial charge in [-0.25, -0.2) is 0 Å². The van der Waals surface area contributed by atoms with E-state index in [0.717, 1.165) is 80.2 Å². The van der Waals surface area contributed by atoms with Crippen LogP contribution in [0.1, 0.15) is 95.0 Å². The number of ether oxygens (including phenoxy) is 4. The molecule has 2 aromatic rings. The van der Waals surface area contributed by atoms with Gasteiger partial charge in [0, 0.05) is 36.7 Å². The Bertz CT molecular complexity index is 1220. The molecule has 0 amide bonds. The third kappa shape index (κ3) is 9.76. The first-order chi connectivity index (χ1) is 21.4. The molecule has 5 rings (SSSR count). The van der Waals surface area contributed by atoms with Gasteiger partial charge in [-0.1, -0.05) is 53.4 Å². The van der Waals surface area contributed by atoms with E-state index in [1.54, 1.807) is 26.4 Å². The second-order valence-corrected chi connectivity index (χ2v) is 11.8. The van der Waals surface area contributed by atoms with Gasteiger partial charge in [-0.3, -0.25) is 9.59 Å². The van der Waals surface area contributed by atoms with Gasteiger partial charge in [0.05, 0.1) is 38.7 Å². The molecule has 2 aromatic carbocycles. The first-order valence-corrected chi connectivity index (χ1v) is 16.5. The molecule has 0 N–H and O–H groups in total.